The Morgan fingerprint density at radius 3 is 2.50 bits per heavy atom. The van der Waals surface area contributed by atoms with E-state index in [0.29, 0.717) is 19.3 Å². The molecule has 2 aliphatic heterocycles. The van der Waals surface area contributed by atoms with E-state index in [-0.39, 0.29) is 66.6 Å². The molecule has 2 fully saturated rings. The van der Waals surface area contributed by atoms with Crippen LogP contribution in [-0.2, 0) is 36.5 Å². The average molecular weight is 753 g/mol. The van der Waals surface area contributed by atoms with E-state index in [0.717, 1.165) is 6.42 Å². The largest absolute Gasteiger partial charge is 0.486 e. The number of alkyl halides is 3. The van der Waals surface area contributed by atoms with Gasteiger partial charge in [-0.1, -0.05) is 62.8 Å². The van der Waals surface area contributed by atoms with Crippen molar-refractivity contribution in [1.29, 1.82) is 0 Å². The number of hydrogen-bond donors (Lipinski definition) is 2. The highest BCUT2D eigenvalue weighted by atomic mass is 35.5. The van der Waals surface area contributed by atoms with Gasteiger partial charge in [0.25, 0.3) is 0 Å². The third-order valence-electron chi connectivity index (χ3n) is 9.23. The molecular weight excluding hydrogens is 705 g/mol. The predicted molar refractivity (Wildman–Crippen MR) is 189 cm³/mol. The van der Waals surface area contributed by atoms with Crippen LogP contribution in [-0.4, -0.2) is 76.2 Å². The number of allylic oxidation sites excluding steroid dienone is 1. The fourth-order valence-corrected chi connectivity index (χ4v) is 6.88. The van der Waals surface area contributed by atoms with Crippen LogP contribution in [0.3, 0.4) is 0 Å². The van der Waals surface area contributed by atoms with Crippen molar-refractivity contribution in [2.75, 3.05) is 13.2 Å². The maximum atomic E-state index is 14.6. The van der Waals surface area contributed by atoms with Gasteiger partial charge in [0.1, 0.15) is 29.3 Å². The number of rotatable bonds is 8. The number of carbonyl (C=O) groups is 4. The van der Waals surface area contributed by atoms with Crippen LogP contribution in [0.5, 0.6) is 5.75 Å². The first kappa shape index (κ1) is 40.7. The second-order valence-electron chi connectivity index (χ2n) is 14.2. The van der Waals surface area contributed by atoms with Gasteiger partial charge in [0.2, 0.25) is 11.8 Å². The minimum absolute atomic E-state index is 0.0670. The Hall–Kier alpha value is -4.07. The summed E-state index contributed by atoms with van der Waals surface area (Å²) in [5.41, 5.74) is -3.45. The molecule has 0 aromatic carbocycles. The van der Waals surface area contributed by atoms with Gasteiger partial charge in [-0.25, -0.2) is 14.6 Å². The molecule has 4 rings (SSSR count). The molecule has 11 nitrogen and oxygen atoms in total. The number of amides is 3. The van der Waals surface area contributed by atoms with Gasteiger partial charge in [-0.15, -0.1) is 0 Å². The topological polar surface area (TPSA) is 136 Å². The lowest BCUT2D eigenvalue weighted by atomic mass is 10.00. The first-order chi connectivity index (χ1) is 24.4. The average Bonchev–Trinajstić information content (AvgIpc) is 3.57. The van der Waals surface area contributed by atoms with Gasteiger partial charge in [-0.05, 0) is 59.8 Å². The lowest BCUT2D eigenvalue weighted by molar-refractivity contribution is -0.150. The number of nitrogens with one attached hydrogen (secondary N) is 2. The molecule has 3 amide bonds. The molecule has 1 aliphatic carbocycles. The molecule has 3 aliphatic rings. The zero-order valence-electron chi connectivity index (χ0n) is 30.3. The van der Waals surface area contributed by atoms with Gasteiger partial charge in [-0.3, -0.25) is 9.59 Å². The number of esters is 1. The monoisotopic (exact) mass is 752 g/mol. The molecule has 0 bridgehead atoms. The van der Waals surface area contributed by atoms with Gasteiger partial charge in [0.05, 0.1) is 23.9 Å². The Morgan fingerprint density at radius 1 is 1.19 bits per heavy atom. The molecule has 0 radical (unpaired) electrons. The Balaban J connectivity index is 1.78. The van der Waals surface area contributed by atoms with Gasteiger partial charge in [0.15, 0.2) is 11.4 Å². The SMILES string of the molecule is C=Cc1c(C(=C)Cl)nc(C(F)(F)F)c(OC2CC3C(=O)NC4(C(=O)OCC)CC4C=CCCCCCC(NC(=O)OC(C)(C)C)C(=O)N3C2)c1CC. The van der Waals surface area contributed by atoms with E-state index in [1.807, 2.05) is 12.2 Å². The van der Waals surface area contributed by atoms with Crippen molar-refractivity contribution in [2.45, 2.75) is 121 Å². The van der Waals surface area contributed by atoms with Crippen LogP contribution in [0.2, 0.25) is 0 Å². The summed E-state index contributed by atoms with van der Waals surface area (Å²) in [6.07, 6.45) is 1.26. The molecule has 1 saturated heterocycles. The highest BCUT2D eigenvalue weighted by Gasteiger charge is 2.62. The lowest BCUT2D eigenvalue weighted by Gasteiger charge is -2.30. The van der Waals surface area contributed by atoms with Crippen LogP contribution in [0.1, 0.15) is 102 Å². The van der Waals surface area contributed by atoms with Crippen molar-refractivity contribution in [3.8, 4) is 5.75 Å². The maximum Gasteiger partial charge on any atom is 0.437 e. The van der Waals surface area contributed by atoms with E-state index < -0.39 is 70.8 Å². The van der Waals surface area contributed by atoms with Crippen molar-refractivity contribution in [3.63, 3.8) is 0 Å². The Morgan fingerprint density at radius 2 is 1.90 bits per heavy atom. The van der Waals surface area contributed by atoms with E-state index in [4.69, 9.17) is 25.8 Å². The summed E-state index contributed by atoms with van der Waals surface area (Å²) in [4.78, 5) is 59.7. The summed E-state index contributed by atoms with van der Waals surface area (Å²) in [6, 6.07) is -2.41. The van der Waals surface area contributed by atoms with Gasteiger partial charge in [0, 0.05) is 23.5 Å². The van der Waals surface area contributed by atoms with Crippen molar-refractivity contribution in [3.05, 3.63) is 47.8 Å². The lowest BCUT2D eigenvalue weighted by Crippen LogP contribution is -2.56. The number of fused-ring (bicyclic) bond motifs is 2. The van der Waals surface area contributed by atoms with Gasteiger partial charge >= 0.3 is 18.2 Å². The molecule has 1 aromatic heterocycles. The van der Waals surface area contributed by atoms with E-state index in [2.05, 4.69) is 28.8 Å². The number of ether oxygens (including phenoxy) is 3. The van der Waals surface area contributed by atoms with Crippen LogP contribution < -0.4 is 15.4 Å². The van der Waals surface area contributed by atoms with E-state index >= 15 is 0 Å². The quantitative estimate of drug-likeness (QED) is 0.221. The van der Waals surface area contributed by atoms with E-state index in [9.17, 15) is 32.3 Å². The molecule has 5 atom stereocenters. The van der Waals surface area contributed by atoms with Gasteiger partial charge in [-0.2, -0.15) is 13.2 Å². The summed E-state index contributed by atoms with van der Waals surface area (Å²) in [7, 11) is 0. The zero-order valence-corrected chi connectivity index (χ0v) is 31.0. The van der Waals surface area contributed by atoms with Crippen LogP contribution in [0.25, 0.3) is 11.1 Å². The van der Waals surface area contributed by atoms with Crippen LogP contribution in [0, 0.1) is 5.92 Å². The third-order valence-corrected chi connectivity index (χ3v) is 9.41. The molecule has 0 spiro atoms. The fraction of sp³-hybridized carbons (Fsp3) is 0.595. The normalized spacial score (nSPS) is 25.4. The van der Waals surface area contributed by atoms with Crippen molar-refractivity contribution < 1.29 is 46.6 Å². The number of pyridine rings is 1. The molecule has 286 valence electrons. The van der Waals surface area contributed by atoms with Crippen molar-refractivity contribution in [1.82, 2.24) is 20.5 Å². The fourth-order valence-electron chi connectivity index (χ4n) is 6.74. The summed E-state index contributed by atoms with van der Waals surface area (Å²) < 4.78 is 60.5. The summed E-state index contributed by atoms with van der Waals surface area (Å²) in [5.74, 6) is -2.90. The molecule has 5 unspecified atom stereocenters. The highest BCUT2D eigenvalue weighted by Crippen LogP contribution is 2.47. The van der Waals surface area contributed by atoms with Crippen molar-refractivity contribution >= 4 is 46.6 Å². The highest BCUT2D eigenvalue weighted by molar-refractivity contribution is 6.48. The standard InChI is InChI=1S/C37H48ClF3N4O7/c1-8-24-25(9-2)29(30(37(39,40)41)43-28(24)21(4)38)51-23-18-27-31(46)44-36(33(48)50-10-3)19-22(36)16-14-12-11-13-15-17-26(32(47)45(27)20-23)42-34(49)52-35(5,6)7/h8,14,16,22-23,26-27H,1,4,9-13,15,17-20H2,2-3,5-7H3,(H,42,49)(H,44,46). The minimum Gasteiger partial charge on any atom is -0.486 e. The smallest absolute Gasteiger partial charge is 0.437 e. The number of nitrogens with zero attached hydrogens (tertiary/aromatic N) is 2. The molecule has 1 aromatic rings. The number of halogens is 4. The van der Waals surface area contributed by atoms with Crippen LogP contribution in [0.15, 0.2) is 25.3 Å². The molecule has 52 heavy (non-hydrogen) atoms. The van der Waals surface area contributed by atoms with E-state index in [1.165, 1.54) is 11.0 Å². The molecule has 15 heteroatoms. The van der Waals surface area contributed by atoms with Crippen molar-refractivity contribution in [2.24, 2.45) is 5.92 Å². The Kier molecular flexibility index (Phi) is 12.8. The molecular formula is C37H48ClF3N4O7. The summed E-state index contributed by atoms with van der Waals surface area (Å²) >= 11 is 6.06. The number of aromatic nitrogens is 1. The first-order valence-electron chi connectivity index (χ1n) is 17.6. The first-order valence-corrected chi connectivity index (χ1v) is 18.0. The second-order valence-corrected chi connectivity index (χ2v) is 14.7. The number of carbonyl (C=O) groups excluding carboxylic acids is 4. The molecule has 3 heterocycles. The van der Waals surface area contributed by atoms with Gasteiger partial charge < -0.3 is 29.7 Å². The Bertz CT molecular complexity index is 1610. The number of alkyl carbamates (subject to hydrolysis) is 1. The molecule has 2 N–H and O–H groups in total. The Labute approximate surface area is 307 Å². The number of hydrogen-bond acceptors (Lipinski definition) is 8. The molecule has 1 saturated carbocycles. The predicted octanol–water partition coefficient (Wildman–Crippen LogP) is 6.72. The van der Waals surface area contributed by atoms with Crippen LogP contribution in [0.4, 0.5) is 18.0 Å². The van der Waals surface area contributed by atoms with Crippen LogP contribution >= 0.6 is 11.6 Å². The van der Waals surface area contributed by atoms with E-state index in [1.54, 1.807) is 34.6 Å². The zero-order chi connectivity index (χ0) is 38.6. The maximum absolute atomic E-state index is 14.6. The third kappa shape index (κ3) is 9.28. The second kappa shape index (κ2) is 16.3. The minimum atomic E-state index is -4.97. The summed E-state index contributed by atoms with van der Waals surface area (Å²) in [6.45, 7) is 15.4. The summed E-state index contributed by atoms with van der Waals surface area (Å²) in [5, 5.41) is 5.25.